The van der Waals surface area contributed by atoms with E-state index in [0.717, 1.165) is 11.5 Å². The topological polar surface area (TPSA) is 72.0 Å². The maximum absolute atomic E-state index is 8.25. The van der Waals surface area contributed by atoms with Gasteiger partial charge in [-0.3, -0.25) is 0 Å². The van der Waals surface area contributed by atoms with Crippen LogP contribution in [0.2, 0.25) is 0 Å². The van der Waals surface area contributed by atoms with E-state index in [-0.39, 0.29) is 14.2 Å². The predicted octanol–water partition coefficient (Wildman–Crippen LogP) is 2.34. The Kier molecular flexibility index (Phi) is 21.9. The van der Waals surface area contributed by atoms with Crippen molar-refractivity contribution in [2.24, 2.45) is 0 Å². The SMILES string of the molecule is CCSC(O)=S.CCSC(O)=S.O. The molecular formula is C6H14O3S4. The lowest BCUT2D eigenvalue weighted by molar-refractivity contribution is 0.585. The van der Waals surface area contributed by atoms with Gasteiger partial charge in [-0.2, -0.15) is 0 Å². The lowest BCUT2D eigenvalue weighted by Crippen LogP contribution is -1.80. The average Bonchev–Trinajstić information content (AvgIpc) is 1.87. The minimum Gasteiger partial charge on any atom is -0.494 e. The standard InChI is InChI=1S/2C3H6OS2.H2O/c2*1-2-6-3(4)5;/h2*2H2,1H3,(H,4,5);1H2. The highest BCUT2D eigenvalue weighted by molar-refractivity contribution is 8.22. The molecule has 13 heavy (non-hydrogen) atoms. The summed E-state index contributed by atoms with van der Waals surface area (Å²) in [6, 6.07) is 0. The second-order valence-electron chi connectivity index (χ2n) is 1.40. The second kappa shape index (κ2) is 14.9. The summed E-state index contributed by atoms with van der Waals surface area (Å²) in [6.45, 7) is 3.88. The van der Waals surface area contributed by atoms with Crippen LogP contribution >= 0.6 is 48.0 Å². The second-order valence-corrected chi connectivity index (χ2v) is 5.19. The summed E-state index contributed by atoms with van der Waals surface area (Å²) in [7, 11) is 0. The highest BCUT2D eigenvalue weighted by Gasteiger charge is 1.82. The molecule has 0 aliphatic rings. The minimum atomic E-state index is 0. The Morgan fingerprint density at radius 1 is 1.00 bits per heavy atom. The molecule has 0 rings (SSSR count). The van der Waals surface area contributed by atoms with E-state index in [1.807, 2.05) is 13.8 Å². The fraction of sp³-hybridized carbons (Fsp3) is 0.667. The van der Waals surface area contributed by atoms with Gasteiger partial charge >= 0.3 is 0 Å². The Morgan fingerprint density at radius 2 is 1.23 bits per heavy atom. The number of thioether (sulfide) groups is 2. The molecule has 0 heterocycles. The lowest BCUT2D eigenvalue weighted by Gasteiger charge is -1.83. The van der Waals surface area contributed by atoms with Crippen molar-refractivity contribution in [1.29, 1.82) is 0 Å². The maximum atomic E-state index is 8.25. The molecule has 0 saturated carbocycles. The first-order valence-corrected chi connectivity index (χ1v) is 6.04. The van der Waals surface area contributed by atoms with Crippen molar-refractivity contribution in [1.82, 2.24) is 0 Å². The summed E-state index contributed by atoms with van der Waals surface area (Å²) >= 11 is 11.2. The molecule has 0 fully saturated rings. The van der Waals surface area contributed by atoms with Gasteiger partial charge in [-0.15, -0.1) is 0 Å². The van der Waals surface area contributed by atoms with Crippen LogP contribution in [0.15, 0.2) is 0 Å². The predicted molar refractivity (Wildman–Crippen MR) is 70.3 cm³/mol. The van der Waals surface area contributed by atoms with Crippen LogP contribution in [0.4, 0.5) is 0 Å². The van der Waals surface area contributed by atoms with Gasteiger partial charge in [0.25, 0.3) is 0 Å². The molecule has 0 unspecified atom stereocenters. The van der Waals surface area contributed by atoms with Crippen molar-refractivity contribution in [2.45, 2.75) is 13.8 Å². The molecule has 0 radical (unpaired) electrons. The number of aliphatic hydroxyl groups is 2. The van der Waals surface area contributed by atoms with Crippen molar-refractivity contribution >= 4 is 56.7 Å². The van der Waals surface area contributed by atoms with Crippen molar-refractivity contribution in [2.75, 3.05) is 11.5 Å². The van der Waals surface area contributed by atoms with Gasteiger partial charge in [-0.1, -0.05) is 37.4 Å². The van der Waals surface area contributed by atoms with Gasteiger partial charge in [0.05, 0.1) is 0 Å². The van der Waals surface area contributed by atoms with Crippen LogP contribution in [0.25, 0.3) is 0 Å². The molecule has 0 aromatic rings. The first-order valence-electron chi connectivity index (χ1n) is 3.26. The van der Waals surface area contributed by atoms with Crippen molar-refractivity contribution in [3.63, 3.8) is 0 Å². The molecule has 0 saturated heterocycles. The van der Waals surface area contributed by atoms with E-state index < -0.39 is 0 Å². The molecular weight excluding hydrogens is 248 g/mol. The van der Waals surface area contributed by atoms with Crippen molar-refractivity contribution < 1.29 is 15.7 Å². The Morgan fingerprint density at radius 3 is 1.23 bits per heavy atom. The Balaban J connectivity index is -0.000000143. The van der Waals surface area contributed by atoms with Gasteiger partial charge in [-0.05, 0) is 35.9 Å². The van der Waals surface area contributed by atoms with E-state index in [1.165, 1.54) is 23.5 Å². The quantitative estimate of drug-likeness (QED) is 0.744. The lowest BCUT2D eigenvalue weighted by atomic mass is 11.0. The third-order valence-electron chi connectivity index (χ3n) is 0.536. The van der Waals surface area contributed by atoms with Crippen LogP contribution in [0.1, 0.15) is 13.8 Å². The van der Waals surface area contributed by atoms with Gasteiger partial charge in [-0.25, -0.2) is 0 Å². The van der Waals surface area contributed by atoms with E-state index in [2.05, 4.69) is 24.4 Å². The van der Waals surface area contributed by atoms with Crippen LogP contribution in [0, 0.1) is 0 Å². The molecule has 0 aromatic heterocycles. The van der Waals surface area contributed by atoms with E-state index in [0.29, 0.717) is 0 Å². The molecule has 3 nitrogen and oxygen atoms in total. The molecule has 0 bridgehead atoms. The number of aliphatic hydroxyl groups excluding tert-OH is 2. The number of hydrogen-bond donors (Lipinski definition) is 2. The fourth-order valence-electron chi connectivity index (χ4n) is 0.247. The molecule has 4 N–H and O–H groups in total. The molecule has 7 heteroatoms. The molecule has 0 amide bonds. The molecule has 0 aliphatic carbocycles. The number of hydrogen-bond acceptors (Lipinski definition) is 4. The number of thiocarbonyl (C=S) groups is 2. The Labute approximate surface area is 97.6 Å². The highest BCUT2D eigenvalue weighted by Crippen LogP contribution is 1.97. The monoisotopic (exact) mass is 262 g/mol. The summed E-state index contributed by atoms with van der Waals surface area (Å²) < 4.78 is 0.0787. The third kappa shape index (κ3) is 32.7. The summed E-state index contributed by atoms with van der Waals surface area (Å²) in [5, 5.41) is 16.5. The zero-order valence-corrected chi connectivity index (χ0v) is 10.7. The third-order valence-corrected chi connectivity index (χ3v) is 2.31. The fourth-order valence-corrected chi connectivity index (χ4v) is 1.45. The van der Waals surface area contributed by atoms with E-state index >= 15 is 0 Å². The zero-order valence-electron chi connectivity index (χ0n) is 7.44. The zero-order chi connectivity index (χ0) is 9.98. The molecule has 0 atom stereocenters. The van der Waals surface area contributed by atoms with E-state index in [4.69, 9.17) is 10.2 Å². The minimum absolute atomic E-state index is 0. The van der Waals surface area contributed by atoms with Gasteiger partial charge in [0.15, 0.2) is 0 Å². The van der Waals surface area contributed by atoms with Crippen LogP contribution in [-0.2, 0) is 0 Å². The highest BCUT2D eigenvalue weighted by atomic mass is 32.2. The molecule has 0 spiro atoms. The van der Waals surface area contributed by atoms with Gasteiger partial charge in [0, 0.05) is 0 Å². The number of rotatable bonds is 2. The maximum Gasteiger partial charge on any atom is 0.217 e. The summed E-state index contributed by atoms with van der Waals surface area (Å²) in [5.41, 5.74) is 0. The summed E-state index contributed by atoms with van der Waals surface area (Å²) in [6.07, 6.45) is 0. The summed E-state index contributed by atoms with van der Waals surface area (Å²) in [5.74, 6) is 1.71. The molecule has 0 aliphatic heterocycles. The smallest absolute Gasteiger partial charge is 0.217 e. The largest absolute Gasteiger partial charge is 0.494 e. The van der Waals surface area contributed by atoms with Crippen LogP contribution in [0.3, 0.4) is 0 Å². The van der Waals surface area contributed by atoms with E-state index in [1.54, 1.807) is 0 Å². The van der Waals surface area contributed by atoms with Crippen molar-refractivity contribution in [3.8, 4) is 0 Å². The Hall–Kier alpha value is 0.440. The molecule has 80 valence electrons. The van der Waals surface area contributed by atoms with Crippen molar-refractivity contribution in [3.05, 3.63) is 0 Å². The van der Waals surface area contributed by atoms with Gasteiger partial charge in [0.2, 0.25) is 8.77 Å². The summed E-state index contributed by atoms with van der Waals surface area (Å²) in [4.78, 5) is 0. The van der Waals surface area contributed by atoms with Crippen LogP contribution < -0.4 is 0 Å². The normalized spacial score (nSPS) is 7.54. The van der Waals surface area contributed by atoms with Gasteiger partial charge < -0.3 is 15.7 Å². The Bertz CT molecular complexity index is 124. The first-order chi connectivity index (χ1) is 5.54. The first kappa shape index (κ1) is 19.1. The van der Waals surface area contributed by atoms with E-state index in [9.17, 15) is 0 Å². The average molecular weight is 262 g/mol. The van der Waals surface area contributed by atoms with Gasteiger partial charge in [0.1, 0.15) is 0 Å². The van der Waals surface area contributed by atoms with Crippen LogP contribution in [0.5, 0.6) is 0 Å². The van der Waals surface area contributed by atoms with Crippen LogP contribution in [-0.4, -0.2) is 36.0 Å². The molecule has 0 aromatic carbocycles.